The van der Waals surface area contributed by atoms with Gasteiger partial charge in [0.2, 0.25) is 0 Å². The quantitative estimate of drug-likeness (QED) is 0.480. The molecule has 0 heterocycles. The second-order valence-corrected chi connectivity index (χ2v) is 5.84. The summed E-state index contributed by atoms with van der Waals surface area (Å²) in [4.78, 5) is 24.9. The van der Waals surface area contributed by atoms with Crippen LogP contribution in [0.15, 0.2) is 0 Å². The highest BCUT2D eigenvalue weighted by Gasteiger charge is 2.49. The Balaban J connectivity index is 5.48. The number of carbonyl (C=O) groups is 2. The van der Waals surface area contributed by atoms with Crippen LogP contribution in [0.5, 0.6) is 0 Å². The number of esters is 2. The second kappa shape index (κ2) is 8.98. The van der Waals surface area contributed by atoms with Crippen LogP contribution in [0.4, 0.5) is 0 Å². The Kier molecular flexibility index (Phi) is 8.51. The Morgan fingerprint density at radius 3 is 1.65 bits per heavy atom. The van der Waals surface area contributed by atoms with E-state index in [4.69, 9.17) is 9.47 Å². The molecule has 0 saturated carbocycles. The van der Waals surface area contributed by atoms with E-state index in [0.717, 1.165) is 6.42 Å². The molecule has 20 heavy (non-hydrogen) atoms. The van der Waals surface area contributed by atoms with E-state index in [1.807, 2.05) is 20.8 Å². The van der Waals surface area contributed by atoms with Gasteiger partial charge in [-0.2, -0.15) is 0 Å². The van der Waals surface area contributed by atoms with Crippen LogP contribution in [0.25, 0.3) is 0 Å². The van der Waals surface area contributed by atoms with Gasteiger partial charge in [0.05, 0.1) is 13.2 Å². The number of carbonyl (C=O) groups excluding carboxylic acids is 2. The molecule has 0 fully saturated rings. The van der Waals surface area contributed by atoms with Gasteiger partial charge in [-0.1, -0.05) is 34.1 Å². The van der Waals surface area contributed by atoms with E-state index < -0.39 is 17.4 Å². The highest BCUT2D eigenvalue weighted by molar-refractivity contribution is 6.00. The molecule has 0 saturated heterocycles. The summed E-state index contributed by atoms with van der Waals surface area (Å²) >= 11 is 0. The normalized spacial score (nSPS) is 13.2. The first-order valence-corrected chi connectivity index (χ1v) is 7.68. The van der Waals surface area contributed by atoms with E-state index in [9.17, 15) is 9.59 Å². The molecule has 0 aromatic rings. The summed E-state index contributed by atoms with van der Waals surface area (Å²) in [6.07, 6.45) is 1.87. The smallest absolute Gasteiger partial charge is 0.323 e. The van der Waals surface area contributed by atoms with Gasteiger partial charge in [-0.15, -0.1) is 0 Å². The van der Waals surface area contributed by atoms with Crippen molar-refractivity contribution < 1.29 is 19.1 Å². The fraction of sp³-hybridized carbons (Fsp3) is 0.875. The van der Waals surface area contributed by atoms with Crippen LogP contribution in [0.2, 0.25) is 0 Å². The average molecular weight is 286 g/mol. The largest absolute Gasteiger partial charge is 0.465 e. The van der Waals surface area contributed by atoms with Gasteiger partial charge < -0.3 is 9.47 Å². The standard InChI is InChI=1S/C16H30O4/c1-7-13(6)11-16(10-12(4)5,14(17)19-8-2)15(18)20-9-3/h12-13H,7-11H2,1-6H3. The maximum absolute atomic E-state index is 12.4. The van der Waals surface area contributed by atoms with Gasteiger partial charge in [0.15, 0.2) is 5.41 Å². The first-order valence-electron chi connectivity index (χ1n) is 7.68. The summed E-state index contributed by atoms with van der Waals surface area (Å²) in [5.74, 6) is -0.393. The summed E-state index contributed by atoms with van der Waals surface area (Å²) in [6, 6.07) is 0. The molecule has 4 heteroatoms. The molecule has 0 radical (unpaired) electrons. The number of hydrogen-bond donors (Lipinski definition) is 0. The molecular formula is C16H30O4. The zero-order valence-corrected chi connectivity index (χ0v) is 13.8. The molecule has 0 bridgehead atoms. The van der Waals surface area contributed by atoms with Crippen LogP contribution in [0.1, 0.15) is 60.8 Å². The highest BCUT2D eigenvalue weighted by Crippen LogP contribution is 2.37. The highest BCUT2D eigenvalue weighted by atomic mass is 16.6. The van der Waals surface area contributed by atoms with Crippen molar-refractivity contribution in [2.75, 3.05) is 13.2 Å². The van der Waals surface area contributed by atoms with Gasteiger partial charge in [-0.05, 0) is 38.5 Å². The minimum absolute atomic E-state index is 0.216. The van der Waals surface area contributed by atoms with Crippen LogP contribution in [-0.2, 0) is 19.1 Å². The van der Waals surface area contributed by atoms with Crippen molar-refractivity contribution in [2.45, 2.75) is 60.8 Å². The van der Waals surface area contributed by atoms with Crippen LogP contribution >= 0.6 is 0 Å². The predicted octanol–water partition coefficient (Wildman–Crippen LogP) is 3.58. The van der Waals surface area contributed by atoms with Gasteiger partial charge in [-0.25, -0.2) is 0 Å². The molecule has 1 unspecified atom stereocenters. The topological polar surface area (TPSA) is 52.6 Å². The molecule has 0 aliphatic carbocycles. The molecule has 0 aromatic heterocycles. The van der Waals surface area contributed by atoms with Crippen molar-refractivity contribution >= 4 is 11.9 Å². The second-order valence-electron chi connectivity index (χ2n) is 5.84. The molecular weight excluding hydrogens is 256 g/mol. The van der Waals surface area contributed by atoms with Crippen molar-refractivity contribution in [1.29, 1.82) is 0 Å². The maximum Gasteiger partial charge on any atom is 0.323 e. The molecule has 0 aliphatic heterocycles. The van der Waals surface area contributed by atoms with Crippen molar-refractivity contribution in [3.63, 3.8) is 0 Å². The van der Waals surface area contributed by atoms with Gasteiger partial charge in [0.25, 0.3) is 0 Å². The molecule has 0 spiro atoms. The van der Waals surface area contributed by atoms with Crippen molar-refractivity contribution in [3.05, 3.63) is 0 Å². The minimum atomic E-state index is -1.16. The van der Waals surface area contributed by atoms with E-state index in [1.54, 1.807) is 13.8 Å². The summed E-state index contributed by atoms with van der Waals surface area (Å²) in [5.41, 5.74) is -1.16. The molecule has 118 valence electrons. The van der Waals surface area contributed by atoms with Gasteiger partial charge in [0, 0.05) is 0 Å². The Labute approximate surface area is 123 Å². The summed E-state index contributed by atoms with van der Waals surface area (Å²) in [7, 11) is 0. The summed E-state index contributed by atoms with van der Waals surface area (Å²) < 4.78 is 10.4. The van der Waals surface area contributed by atoms with E-state index >= 15 is 0 Å². The van der Waals surface area contributed by atoms with E-state index in [0.29, 0.717) is 12.8 Å². The lowest BCUT2D eigenvalue weighted by molar-refractivity contribution is -0.175. The van der Waals surface area contributed by atoms with Gasteiger partial charge >= 0.3 is 11.9 Å². The van der Waals surface area contributed by atoms with E-state index in [-0.39, 0.29) is 25.0 Å². The Bertz CT molecular complexity index is 292. The van der Waals surface area contributed by atoms with E-state index in [2.05, 4.69) is 6.92 Å². The molecule has 4 nitrogen and oxygen atoms in total. The third-order valence-corrected chi connectivity index (χ3v) is 3.48. The number of rotatable bonds is 9. The molecule has 0 aromatic carbocycles. The Morgan fingerprint density at radius 1 is 0.900 bits per heavy atom. The zero-order chi connectivity index (χ0) is 15.8. The van der Waals surface area contributed by atoms with E-state index in [1.165, 1.54) is 0 Å². The summed E-state index contributed by atoms with van der Waals surface area (Å²) in [6.45, 7) is 12.2. The third kappa shape index (κ3) is 5.14. The van der Waals surface area contributed by atoms with Crippen molar-refractivity contribution in [1.82, 2.24) is 0 Å². The minimum Gasteiger partial charge on any atom is -0.465 e. The van der Waals surface area contributed by atoms with Gasteiger partial charge in [0.1, 0.15) is 0 Å². The van der Waals surface area contributed by atoms with Crippen LogP contribution < -0.4 is 0 Å². The lowest BCUT2D eigenvalue weighted by Crippen LogP contribution is -2.44. The Morgan fingerprint density at radius 2 is 1.35 bits per heavy atom. The monoisotopic (exact) mass is 286 g/mol. The van der Waals surface area contributed by atoms with Crippen LogP contribution in [-0.4, -0.2) is 25.2 Å². The van der Waals surface area contributed by atoms with Crippen LogP contribution in [0, 0.1) is 17.3 Å². The molecule has 0 amide bonds. The van der Waals surface area contributed by atoms with Crippen molar-refractivity contribution in [2.24, 2.45) is 17.3 Å². The number of hydrogen-bond acceptors (Lipinski definition) is 4. The maximum atomic E-state index is 12.4. The first-order chi connectivity index (χ1) is 9.33. The molecule has 0 rings (SSSR count). The molecule has 0 aliphatic rings. The van der Waals surface area contributed by atoms with Crippen LogP contribution in [0.3, 0.4) is 0 Å². The number of ether oxygens (including phenoxy) is 2. The fourth-order valence-corrected chi connectivity index (χ4v) is 2.47. The van der Waals surface area contributed by atoms with Crippen molar-refractivity contribution in [3.8, 4) is 0 Å². The fourth-order valence-electron chi connectivity index (χ4n) is 2.47. The Hall–Kier alpha value is -1.06. The molecule has 0 N–H and O–H groups in total. The summed E-state index contributed by atoms with van der Waals surface area (Å²) in [5, 5.41) is 0. The first kappa shape index (κ1) is 18.9. The lowest BCUT2D eigenvalue weighted by atomic mass is 9.73. The zero-order valence-electron chi connectivity index (χ0n) is 13.8. The third-order valence-electron chi connectivity index (χ3n) is 3.48. The molecule has 1 atom stereocenters. The SMILES string of the molecule is CCOC(=O)C(CC(C)C)(CC(C)CC)C(=O)OCC. The predicted molar refractivity (Wildman–Crippen MR) is 79.2 cm³/mol. The van der Waals surface area contributed by atoms with Gasteiger partial charge in [-0.3, -0.25) is 9.59 Å². The average Bonchev–Trinajstić information content (AvgIpc) is 2.37. The lowest BCUT2D eigenvalue weighted by Gasteiger charge is -2.32.